The molecule has 40 heavy (non-hydrogen) atoms. The fourth-order valence-corrected chi connectivity index (χ4v) is 4.10. The van der Waals surface area contributed by atoms with Crippen molar-refractivity contribution in [1.82, 2.24) is 20.7 Å². The first kappa shape index (κ1) is 30.7. The van der Waals surface area contributed by atoms with Crippen LogP contribution in [0.5, 0.6) is 5.75 Å². The van der Waals surface area contributed by atoms with E-state index in [1.54, 1.807) is 32.0 Å². The largest absolute Gasteiger partial charge is 0.497 e. The van der Waals surface area contributed by atoms with Gasteiger partial charge in [0.1, 0.15) is 29.2 Å². The van der Waals surface area contributed by atoms with Crippen molar-refractivity contribution in [3.63, 3.8) is 0 Å². The van der Waals surface area contributed by atoms with Crippen LogP contribution in [0.25, 0.3) is 0 Å². The normalized spacial score (nSPS) is 18.2. The SMILES string of the molecule is COC[C@H](NC(=O)c1cc(C)on1)C(=O)N(C)[C@@H](COC)C(=O)N[C@@H](Cc1cccc(OC)c1)C(=O)[C@@]1(C)CO1. The van der Waals surface area contributed by atoms with Gasteiger partial charge in [0, 0.05) is 27.3 Å². The standard InChI is InChI=1S/C27H36N4O9/c1-16-10-20(30-40-16)24(33)29-21(13-36-4)26(35)31(3)22(14-37-5)25(34)28-19(23(32)27(2)15-39-27)12-17-8-7-9-18(11-17)38-6/h7-11,19,21-22H,12-15H2,1-6H3,(H,28,34)(H,29,33)/t19-,21-,22-,27+/m0/s1. The highest BCUT2D eigenvalue weighted by molar-refractivity contribution is 5.99. The van der Waals surface area contributed by atoms with E-state index < -0.39 is 41.4 Å². The van der Waals surface area contributed by atoms with Crippen LogP contribution in [0.1, 0.15) is 28.7 Å². The molecule has 1 saturated heterocycles. The van der Waals surface area contributed by atoms with Gasteiger partial charge in [0.15, 0.2) is 11.5 Å². The number of hydrogen-bond donors (Lipinski definition) is 2. The lowest BCUT2D eigenvalue weighted by Crippen LogP contribution is -2.59. The molecular weight excluding hydrogens is 524 g/mol. The fraction of sp³-hybridized carbons (Fsp3) is 0.519. The van der Waals surface area contributed by atoms with Crippen LogP contribution in [0.3, 0.4) is 0 Å². The molecule has 13 heteroatoms. The number of hydrogen-bond acceptors (Lipinski definition) is 10. The molecule has 2 heterocycles. The van der Waals surface area contributed by atoms with Gasteiger partial charge in [0.2, 0.25) is 11.8 Å². The average Bonchev–Trinajstić information content (AvgIpc) is 3.54. The number of epoxide rings is 1. The number of aromatic nitrogens is 1. The number of nitrogens with one attached hydrogen (secondary N) is 2. The minimum absolute atomic E-state index is 0.00470. The Bertz CT molecular complexity index is 1210. The lowest BCUT2D eigenvalue weighted by atomic mass is 9.94. The second-order valence-electron chi connectivity index (χ2n) is 9.73. The number of aryl methyl sites for hydroxylation is 1. The van der Waals surface area contributed by atoms with E-state index in [2.05, 4.69) is 15.8 Å². The molecule has 2 N–H and O–H groups in total. The Morgan fingerprint density at radius 3 is 2.35 bits per heavy atom. The molecule has 0 aliphatic carbocycles. The molecule has 0 unspecified atom stereocenters. The van der Waals surface area contributed by atoms with Gasteiger partial charge in [-0.15, -0.1) is 0 Å². The van der Waals surface area contributed by atoms with Crippen LogP contribution in [0.4, 0.5) is 0 Å². The number of amides is 3. The Hall–Kier alpha value is -3.81. The van der Waals surface area contributed by atoms with E-state index in [-0.39, 0.29) is 37.7 Å². The summed E-state index contributed by atoms with van der Waals surface area (Å²) in [4.78, 5) is 54.0. The zero-order valence-corrected chi connectivity index (χ0v) is 23.5. The number of methoxy groups -OCH3 is 3. The first-order valence-corrected chi connectivity index (χ1v) is 12.6. The van der Waals surface area contributed by atoms with Crippen LogP contribution in [-0.4, -0.2) is 105 Å². The highest BCUT2D eigenvalue weighted by Crippen LogP contribution is 2.29. The summed E-state index contributed by atoms with van der Waals surface area (Å²) in [6, 6.07) is 5.38. The molecule has 0 radical (unpaired) electrons. The van der Waals surface area contributed by atoms with Crippen LogP contribution in [-0.2, 0) is 35.0 Å². The second kappa shape index (κ2) is 13.5. The van der Waals surface area contributed by atoms with Gasteiger partial charge in [0.25, 0.3) is 5.91 Å². The number of nitrogens with zero attached hydrogens (tertiary/aromatic N) is 2. The lowest BCUT2D eigenvalue weighted by molar-refractivity contribution is -0.144. The Morgan fingerprint density at radius 1 is 1.07 bits per heavy atom. The molecule has 0 saturated carbocycles. The van der Waals surface area contributed by atoms with Crippen LogP contribution in [0.2, 0.25) is 0 Å². The first-order chi connectivity index (χ1) is 19.0. The number of ketones is 1. The number of likely N-dealkylation sites (N-methyl/N-ethyl adjacent to an activating group) is 1. The number of ether oxygens (including phenoxy) is 4. The maximum Gasteiger partial charge on any atom is 0.274 e. The number of Topliss-reactive ketones (excluding diaryl/α,β-unsaturated/α-hetero) is 1. The average molecular weight is 561 g/mol. The Morgan fingerprint density at radius 2 is 1.77 bits per heavy atom. The zero-order chi connectivity index (χ0) is 29.4. The number of carbonyl (C=O) groups is 4. The highest BCUT2D eigenvalue weighted by atomic mass is 16.6. The third-order valence-electron chi connectivity index (χ3n) is 6.55. The van der Waals surface area contributed by atoms with Crippen molar-refractivity contribution in [2.45, 2.75) is 44.0 Å². The monoisotopic (exact) mass is 560 g/mol. The summed E-state index contributed by atoms with van der Waals surface area (Å²) in [5.41, 5.74) is -0.237. The summed E-state index contributed by atoms with van der Waals surface area (Å²) in [7, 11) is 5.71. The number of benzene rings is 1. The van der Waals surface area contributed by atoms with Crippen LogP contribution in [0.15, 0.2) is 34.9 Å². The predicted octanol–water partition coefficient (Wildman–Crippen LogP) is 0.295. The molecule has 218 valence electrons. The summed E-state index contributed by atoms with van der Waals surface area (Å²) >= 11 is 0. The maximum absolute atomic E-state index is 13.5. The fourth-order valence-electron chi connectivity index (χ4n) is 4.10. The summed E-state index contributed by atoms with van der Waals surface area (Å²) in [5, 5.41) is 9.01. The number of rotatable bonds is 15. The van der Waals surface area contributed by atoms with Gasteiger partial charge in [-0.1, -0.05) is 17.3 Å². The van der Waals surface area contributed by atoms with E-state index >= 15 is 0 Å². The third kappa shape index (κ3) is 7.64. The lowest BCUT2D eigenvalue weighted by Gasteiger charge is -2.31. The summed E-state index contributed by atoms with van der Waals surface area (Å²) < 4.78 is 25.9. The summed E-state index contributed by atoms with van der Waals surface area (Å²) in [6.45, 7) is 3.21. The number of carbonyl (C=O) groups excluding carboxylic acids is 4. The smallest absolute Gasteiger partial charge is 0.274 e. The molecular formula is C27H36N4O9. The molecule has 3 rings (SSSR count). The molecule has 0 spiro atoms. The van der Waals surface area contributed by atoms with Crippen LogP contribution in [0, 0.1) is 6.92 Å². The summed E-state index contributed by atoms with van der Waals surface area (Å²) in [6.07, 6.45) is 0.178. The van der Waals surface area contributed by atoms with Crippen molar-refractivity contribution < 1.29 is 42.6 Å². The van der Waals surface area contributed by atoms with Gasteiger partial charge < -0.3 is 39.0 Å². The second-order valence-corrected chi connectivity index (χ2v) is 9.73. The third-order valence-corrected chi connectivity index (χ3v) is 6.55. The Labute approximate surface area is 232 Å². The molecule has 1 aliphatic rings. The molecule has 1 aromatic heterocycles. The minimum atomic E-state index is -1.14. The maximum atomic E-state index is 13.5. The molecule has 0 bridgehead atoms. The van der Waals surface area contributed by atoms with Crippen molar-refractivity contribution in [3.8, 4) is 5.75 Å². The molecule has 13 nitrogen and oxygen atoms in total. The van der Waals surface area contributed by atoms with Crippen LogP contribution < -0.4 is 15.4 Å². The van der Waals surface area contributed by atoms with Gasteiger partial charge >= 0.3 is 0 Å². The van der Waals surface area contributed by atoms with Crippen molar-refractivity contribution in [2.24, 2.45) is 0 Å². The van der Waals surface area contributed by atoms with Gasteiger partial charge in [-0.2, -0.15) is 0 Å². The molecule has 2 aromatic rings. The molecule has 1 aromatic carbocycles. The highest BCUT2D eigenvalue weighted by Gasteiger charge is 2.50. The topological polar surface area (TPSA) is 162 Å². The van der Waals surface area contributed by atoms with E-state index in [1.807, 2.05) is 6.07 Å². The molecule has 1 aliphatic heterocycles. The van der Waals surface area contributed by atoms with Gasteiger partial charge in [-0.25, -0.2) is 0 Å². The molecule has 3 amide bonds. The zero-order valence-electron chi connectivity index (χ0n) is 23.5. The van der Waals surface area contributed by atoms with Crippen molar-refractivity contribution in [3.05, 3.63) is 47.3 Å². The Balaban J connectivity index is 1.78. The quantitative estimate of drug-likeness (QED) is 0.290. The van der Waals surface area contributed by atoms with Crippen molar-refractivity contribution >= 4 is 23.5 Å². The van der Waals surface area contributed by atoms with Gasteiger partial charge in [0.05, 0.1) is 33.0 Å². The minimum Gasteiger partial charge on any atom is -0.497 e. The Kier molecular flexibility index (Phi) is 10.4. The summed E-state index contributed by atoms with van der Waals surface area (Å²) in [5.74, 6) is -1.12. The van der Waals surface area contributed by atoms with E-state index in [0.29, 0.717) is 11.5 Å². The van der Waals surface area contributed by atoms with Gasteiger partial charge in [-0.05, 0) is 38.0 Å². The van der Waals surface area contributed by atoms with E-state index in [0.717, 1.165) is 10.5 Å². The van der Waals surface area contributed by atoms with Crippen molar-refractivity contribution in [2.75, 3.05) is 48.2 Å². The van der Waals surface area contributed by atoms with Crippen molar-refractivity contribution in [1.29, 1.82) is 0 Å². The first-order valence-electron chi connectivity index (χ1n) is 12.6. The molecule has 1 fully saturated rings. The van der Waals surface area contributed by atoms with Crippen LogP contribution >= 0.6 is 0 Å². The van der Waals surface area contributed by atoms with E-state index in [9.17, 15) is 19.2 Å². The van der Waals surface area contributed by atoms with Gasteiger partial charge in [-0.3, -0.25) is 19.2 Å². The predicted molar refractivity (Wildman–Crippen MR) is 141 cm³/mol. The molecule has 4 atom stereocenters. The van der Waals surface area contributed by atoms with E-state index in [4.69, 9.17) is 23.5 Å². The van der Waals surface area contributed by atoms with E-state index in [1.165, 1.54) is 34.4 Å².